The predicted molar refractivity (Wildman–Crippen MR) is 71.9 cm³/mol. The van der Waals surface area contributed by atoms with Gasteiger partial charge >= 0.3 is 0 Å². The second-order valence-electron chi connectivity index (χ2n) is 5.16. The molecule has 3 nitrogen and oxygen atoms in total. The van der Waals surface area contributed by atoms with Gasteiger partial charge in [0.05, 0.1) is 16.7 Å². The van der Waals surface area contributed by atoms with Crippen molar-refractivity contribution in [2.45, 2.75) is 25.9 Å². The number of aliphatic hydroxyl groups is 1. The second kappa shape index (κ2) is 5.29. The summed E-state index contributed by atoms with van der Waals surface area (Å²) in [6.45, 7) is 2.62. The van der Waals surface area contributed by atoms with Gasteiger partial charge in [-0.2, -0.15) is 0 Å². The summed E-state index contributed by atoms with van der Waals surface area (Å²) in [7, 11) is 1.78. The van der Waals surface area contributed by atoms with E-state index in [4.69, 9.17) is 11.6 Å². The first-order valence-corrected chi connectivity index (χ1v) is 6.55. The van der Waals surface area contributed by atoms with Gasteiger partial charge in [-0.15, -0.1) is 0 Å². The quantitative estimate of drug-likeness (QED) is 0.914. The average molecular weight is 268 g/mol. The summed E-state index contributed by atoms with van der Waals surface area (Å²) in [5, 5.41) is 9.74. The van der Waals surface area contributed by atoms with Gasteiger partial charge in [0.25, 0.3) is 5.91 Å². The molecular formula is C14H18ClNO2. The molecule has 0 atom stereocenters. The van der Waals surface area contributed by atoms with Gasteiger partial charge in [-0.25, -0.2) is 0 Å². The molecule has 1 aromatic rings. The van der Waals surface area contributed by atoms with Gasteiger partial charge in [-0.05, 0) is 43.4 Å². The van der Waals surface area contributed by atoms with Crippen molar-refractivity contribution in [2.75, 3.05) is 13.6 Å². The summed E-state index contributed by atoms with van der Waals surface area (Å²) < 4.78 is 0. The minimum atomic E-state index is -0.179. The van der Waals surface area contributed by atoms with Gasteiger partial charge in [0.2, 0.25) is 0 Å². The Kier molecular flexibility index (Phi) is 3.93. The molecule has 0 bridgehead atoms. The first-order chi connectivity index (χ1) is 8.47. The molecule has 1 aliphatic rings. The van der Waals surface area contributed by atoms with E-state index in [-0.39, 0.29) is 12.0 Å². The highest BCUT2D eigenvalue weighted by Crippen LogP contribution is 2.28. The summed E-state index contributed by atoms with van der Waals surface area (Å²) in [6.07, 6.45) is 1.40. The van der Waals surface area contributed by atoms with Gasteiger partial charge in [-0.3, -0.25) is 4.79 Å². The van der Waals surface area contributed by atoms with Crippen LogP contribution in [0.3, 0.4) is 0 Å². The van der Waals surface area contributed by atoms with Crippen LogP contribution in [0.15, 0.2) is 18.2 Å². The number of carbonyl (C=O) groups is 1. The molecule has 1 aliphatic carbocycles. The maximum Gasteiger partial charge on any atom is 0.255 e. The van der Waals surface area contributed by atoms with Crippen molar-refractivity contribution in [3.63, 3.8) is 0 Å². The Morgan fingerprint density at radius 3 is 2.72 bits per heavy atom. The smallest absolute Gasteiger partial charge is 0.255 e. The number of aryl methyl sites for hydroxylation is 1. The monoisotopic (exact) mass is 267 g/mol. The van der Waals surface area contributed by atoms with Gasteiger partial charge in [0.1, 0.15) is 0 Å². The molecule has 98 valence electrons. The SMILES string of the molecule is Cc1ccc(C(=O)N(C)CC2CC(O)C2)c(Cl)c1. The Balaban J connectivity index is 2.01. The molecule has 0 saturated heterocycles. The fraction of sp³-hybridized carbons (Fsp3) is 0.500. The Bertz CT molecular complexity index is 455. The molecule has 0 heterocycles. The number of benzene rings is 1. The minimum Gasteiger partial charge on any atom is -0.393 e. The number of halogens is 1. The van der Waals surface area contributed by atoms with Crippen LogP contribution in [-0.2, 0) is 0 Å². The largest absolute Gasteiger partial charge is 0.393 e. The number of rotatable bonds is 3. The zero-order valence-corrected chi connectivity index (χ0v) is 11.4. The van der Waals surface area contributed by atoms with E-state index in [1.807, 2.05) is 13.0 Å². The van der Waals surface area contributed by atoms with E-state index in [1.165, 1.54) is 0 Å². The minimum absolute atomic E-state index is 0.0543. The second-order valence-corrected chi connectivity index (χ2v) is 5.57. The normalized spacial score (nSPS) is 22.4. The van der Waals surface area contributed by atoms with Crippen LogP contribution in [0.25, 0.3) is 0 Å². The molecule has 2 rings (SSSR count). The summed E-state index contributed by atoms with van der Waals surface area (Å²) in [5.74, 6) is 0.361. The van der Waals surface area contributed by atoms with E-state index in [0.717, 1.165) is 18.4 Å². The number of carbonyl (C=O) groups excluding carboxylic acids is 1. The topological polar surface area (TPSA) is 40.5 Å². The fourth-order valence-electron chi connectivity index (χ4n) is 2.32. The lowest BCUT2D eigenvalue weighted by Gasteiger charge is -2.34. The van der Waals surface area contributed by atoms with Crippen LogP contribution < -0.4 is 0 Å². The van der Waals surface area contributed by atoms with Gasteiger partial charge in [-0.1, -0.05) is 17.7 Å². The average Bonchev–Trinajstić information content (AvgIpc) is 2.26. The van der Waals surface area contributed by atoms with Gasteiger partial charge in [0.15, 0.2) is 0 Å². The van der Waals surface area contributed by atoms with Crippen molar-refractivity contribution in [1.29, 1.82) is 0 Å². The maximum atomic E-state index is 12.2. The number of hydrogen-bond donors (Lipinski definition) is 1. The zero-order valence-electron chi connectivity index (χ0n) is 10.7. The Labute approximate surface area is 112 Å². The molecule has 0 unspecified atom stereocenters. The van der Waals surface area contributed by atoms with Crippen molar-refractivity contribution >= 4 is 17.5 Å². The lowest BCUT2D eigenvalue weighted by atomic mass is 9.82. The zero-order chi connectivity index (χ0) is 13.3. The third kappa shape index (κ3) is 2.85. The van der Waals surface area contributed by atoms with Crippen molar-refractivity contribution < 1.29 is 9.90 Å². The Hall–Kier alpha value is -1.06. The molecule has 1 saturated carbocycles. The molecule has 0 aliphatic heterocycles. The number of amides is 1. The lowest BCUT2D eigenvalue weighted by Crippen LogP contribution is -2.39. The number of aliphatic hydroxyl groups excluding tert-OH is 1. The van der Waals surface area contributed by atoms with Crippen molar-refractivity contribution in [1.82, 2.24) is 4.90 Å². The number of nitrogens with zero attached hydrogens (tertiary/aromatic N) is 1. The first-order valence-electron chi connectivity index (χ1n) is 6.17. The van der Waals surface area contributed by atoms with E-state index < -0.39 is 0 Å². The lowest BCUT2D eigenvalue weighted by molar-refractivity contribution is 0.0265. The molecular weight excluding hydrogens is 250 g/mol. The van der Waals surface area contributed by atoms with Crippen LogP contribution in [-0.4, -0.2) is 35.6 Å². The molecule has 0 radical (unpaired) electrons. The van der Waals surface area contributed by atoms with Crippen molar-refractivity contribution in [3.05, 3.63) is 34.3 Å². The first kappa shape index (κ1) is 13.4. The van der Waals surface area contributed by atoms with Crippen LogP contribution in [0, 0.1) is 12.8 Å². The molecule has 1 aromatic carbocycles. The highest BCUT2D eigenvalue weighted by Gasteiger charge is 2.29. The third-order valence-corrected chi connectivity index (χ3v) is 3.76. The number of hydrogen-bond acceptors (Lipinski definition) is 2. The van der Waals surface area contributed by atoms with Crippen LogP contribution in [0.2, 0.25) is 5.02 Å². The summed E-state index contributed by atoms with van der Waals surface area (Å²) in [6, 6.07) is 5.46. The van der Waals surface area contributed by atoms with Crippen molar-refractivity contribution in [3.8, 4) is 0 Å². The summed E-state index contributed by atoms with van der Waals surface area (Å²) in [5.41, 5.74) is 1.59. The maximum absolute atomic E-state index is 12.2. The fourth-order valence-corrected chi connectivity index (χ4v) is 2.63. The molecule has 1 N–H and O–H groups in total. The van der Waals surface area contributed by atoms with Gasteiger partial charge < -0.3 is 10.0 Å². The standard InChI is InChI=1S/C14H18ClNO2/c1-9-3-4-12(13(15)5-9)14(18)16(2)8-10-6-11(17)7-10/h3-5,10-11,17H,6-8H2,1-2H3. The van der Waals surface area contributed by atoms with Crippen molar-refractivity contribution in [2.24, 2.45) is 5.92 Å². The molecule has 1 fully saturated rings. The van der Waals surface area contributed by atoms with E-state index in [1.54, 1.807) is 24.1 Å². The van der Waals surface area contributed by atoms with Crippen LogP contribution >= 0.6 is 11.6 Å². The molecule has 0 spiro atoms. The van der Waals surface area contributed by atoms with Crippen LogP contribution in [0.5, 0.6) is 0 Å². The Morgan fingerprint density at radius 1 is 1.50 bits per heavy atom. The predicted octanol–water partition coefficient (Wildman–Crippen LogP) is 2.49. The van der Waals surface area contributed by atoms with E-state index >= 15 is 0 Å². The van der Waals surface area contributed by atoms with E-state index in [2.05, 4.69) is 0 Å². The highest BCUT2D eigenvalue weighted by atomic mass is 35.5. The molecule has 0 aromatic heterocycles. The summed E-state index contributed by atoms with van der Waals surface area (Å²) in [4.78, 5) is 13.9. The van der Waals surface area contributed by atoms with E-state index in [0.29, 0.717) is 23.0 Å². The Morgan fingerprint density at radius 2 is 2.17 bits per heavy atom. The van der Waals surface area contributed by atoms with E-state index in [9.17, 15) is 9.90 Å². The molecule has 1 amide bonds. The van der Waals surface area contributed by atoms with Crippen LogP contribution in [0.4, 0.5) is 0 Å². The van der Waals surface area contributed by atoms with Crippen LogP contribution in [0.1, 0.15) is 28.8 Å². The molecule has 18 heavy (non-hydrogen) atoms. The summed E-state index contributed by atoms with van der Waals surface area (Å²) >= 11 is 6.09. The third-order valence-electron chi connectivity index (χ3n) is 3.44. The van der Waals surface area contributed by atoms with Gasteiger partial charge in [0, 0.05) is 13.6 Å². The highest BCUT2D eigenvalue weighted by molar-refractivity contribution is 6.33. The molecule has 4 heteroatoms.